The lowest BCUT2D eigenvalue weighted by atomic mass is 10.1. The van der Waals surface area contributed by atoms with E-state index < -0.39 is 0 Å². The molecule has 0 unspecified atom stereocenters. The van der Waals surface area contributed by atoms with Crippen molar-refractivity contribution in [2.75, 3.05) is 20.1 Å². The molecule has 0 aromatic heterocycles. The Hall–Kier alpha value is -1.42. The van der Waals surface area contributed by atoms with Crippen molar-refractivity contribution in [1.29, 1.82) is 0 Å². The van der Waals surface area contributed by atoms with Crippen LogP contribution in [0.25, 0.3) is 0 Å². The predicted octanol–water partition coefficient (Wildman–Crippen LogP) is 1.48. The molecule has 0 bridgehead atoms. The third-order valence-corrected chi connectivity index (χ3v) is 2.54. The number of carbonyl (C=O) groups is 1. The number of hydrogen-bond acceptors (Lipinski definition) is 2. The number of nitrogens with one attached hydrogen (secondary N) is 2. The maximum Gasteiger partial charge on any atom is 0.219 e. The van der Waals surface area contributed by atoms with Crippen LogP contribution in [0.2, 0.25) is 0 Å². The zero-order valence-corrected chi connectivity index (χ0v) is 10.1. The van der Waals surface area contributed by atoms with Crippen molar-refractivity contribution in [3.05, 3.63) is 35.6 Å². The minimum atomic E-state index is -0.202. The first-order valence-corrected chi connectivity index (χ1v) is 5.88. The van der Waals surface area contributed by atoms with Gasteiger partial charge < -0.3 is 10.6 Å². The highest BCUT2D eigenvalue weighted by atomic mass is 19.1. The zero-order valence-electron chi connectivity index (χ0n) is 10.1. The number of benzene rings is 1. The average Bonchev–Trinajstić information content (AvgIpc) is 2.35. The summed E-state index contributed by atoms with van der Waals surface area (Å²) in [6.07, 6.45) is 2.27. The van der Waals surface area contributed by atoms with Gasteiger partial charge in [-0.3, -0.25) is 4.79 Å². The first kappa shape index (κ1) is 13.6. The van der Waals surface area contributed by atoms with Gasteiger partial charge in [0.2, 0.25) is 5.91 Å². The van der Waals surface area contributed by atoms with Gasteiger partial charge in [0.15, 0.2) is 0 Å². The minimum absolute atomic E-state index is 0.0744. The molecule has 1 rings (SSSR count). The summed E-state index contributed by atoms with van der Waals surface area (Å²) in [5.41, 5.74) is 1.12. The Balaban J connectivity index is 2.04. The van der Waals surface area contributed by atoms with Crippen molar-refractivity contribution in [2.24, 2.45) is 0 Å². The van der Waals surface area contributed by atoms with E-state index in [1.54, 1.807) is 19.2 Å². The standard InChI is InChI=1S/C13H19FN2O/c1-15-13(17)3-2-9-16-10-8-11-4-6-12(14)7-5-11/h4-7,16H,2-3,8-10H2,1H3,(H,15,17). The molecule has 0 atom stereocenters. The van der Waals surface area contributed by atoms with Crippen LogP contribution in [-0.4, -0.2) is 26.0 Å². The van der Waals surface area contributed by atoms with Gasteiger partial charge in [0.25, 0.3) is 0 Å². The van der Waals surface area contributed by atoms with E-state index in [4.69, 9.17) is 0 Å². The lowest BCUT2D eigenvalue weighted by Crippen LogP contribution is -2.22. The van der Waals surface area contributed by atoms with Crippen molar-refractivity contribution in [2.45, 2.75) is 19.3 Å². The van der Waals surface area contributed by atoms with E-state index in [9.17, 15) is 9.18 Å². The van der Waals surface area contributed by atoms with E-state index in [1.807, 2.05) is 0 Å². The topological polar surface area (TPSA) is 41.1 Å². The van der Waals surface area contributed by atoms with Crippen molar-refractivity contribution < 1.29 is 9.18 Å². The van der Waals surface area contributed by atoms with Gasteiger partial charge in [-0.25, -0.2) is 4.39 Å². The van der Waals surface area contributed by atoms with Gasteiger partial charge in [0, 0.05) is 13.5 Å². The van der Waals surface area contributed by atoms with E-state index in [1.165, 1.54) is 12.1 Å². The molecule has 4 heteroatoms. The van der Waals surface area contributed by atoms with E-state index in [0.717, 1.165) is 31.5 Å². The number of halogens is 1. The highest BCUT2D eigenvalue weighted by Crippen LogP contribution is 2.02. The maximum atomic E-state index is 12.6. The van der Waals surface area contributed by atoms with Gasteiger partial charge >= 0.3 is 0 Å². The van der Waals surface area contributed by atoms with Crippen molar-refractivity contribution >= 4 is 5.91 Å². The fourth-order valence-electron chi connectivity index (χ4n) is 1.51. The Bertz CT molecular complexity index is 338. The summed E-state index contributed by atoms with van der Waals surface area (Å²) >= 11 is 0. The van der Waals surface area contributed by atoms with Crippen LogP contribution in [0, 0.1) is 5.82 Å². The second kappa shape index (κ2) is 7.79. The number of amides is 1. The third kappa shape index (κ3) is 6.02. The van der Waals surface area contributed by atoms with Crippen LogP contribution in [0.3, 0.4) is 0 Å². The summed E-state index contributed by atoms with van der Waals surface area (Å²) in [6, 6.07) is 6.53. The van der Waals surface area contributed by atoms with Crippen LogP contribution in [0.15, 0.2) is 24.3 Å². The Kier molecular flexibility index (Phi) is 6.25. The Labute approximate surface area is 101 Å². The van der Waals surface area contributed by atoms with Crippen molar-refractivity contribution in [3.63, 3.8) is 0 Å². The second-order valence-electron chi connectivity index (χ2n) is 3.90. The monoisotopic (exact) mass is 238 g/mol. The quantitative estimate of drug-likeness (QED) is 0.707. The Morgan fingerprint density at radius 2 is 1.94 bits per heavy atom. The molecule has 0 spiro atoms. The summed E-state index contributed by atoms with van der Waals surface area (Å²) < 4.78 is 12.6. The zero-order chi connectivity index (χ0) is 12.5. The fourth-order valence-corrected chi connectivity index (χ4v) is 1.51. The number of rotatable bonds is 7. The molecule has 17 heavy (non-hydrogen) atoms. The van der Waals surface area contributed by atoms with Crippen LogP contribution in [0.4, 0.5) is 4.39 Å². The molecule has 0 radical (unpaired) electrons. The molecule has 2 N–H and O–H groups in total. The summed E-state index contributed by atoms with van der Waals surface area (Å²) in [5, 5.41) is 5.84. The van der Waals surface area contributed by atoms with Gasteiger partial charge in [-0.15, -0.1) is 0 Å². The third-order valence-electron chi connectivity index (χ3n) is 2.54. The average molecular weight is 238 g/mol. The summed E-state index contributed by atoms with van der Waals surface area (Å²) in [7, 11) is 1.64. The van der Waals surface area contributed by atoms with Crippen LogP contribution < -0.4 is 10.6 Å². The lowest BCUT2D eigenvalue weighted by molar-refractivity contribution is -0.120. The molecule has 0 aliphatic rings. The smallest absolute Gasteiger partial charge is 0.219 e. The van der Waals surface area contributed by atoms with Gasteiger partial charge in [0.1, 0.15) is 5.82 Å². The van der Waals surface area contributed by atoms with Crippen molar-refractivity contribution in [3.8, 4) is 0 Å². The first-order valence-electron chi connectivity index (χ1n) is 5.88. The highest BCUT2D eigenvalue weighted by Gasteiger charge is 1.97. The summed E-state index contributed by atoms with van der Waals surface area (Å²) in [5.74, 6) is -0.127. The molecule has 0 aliphatic carbocycles. The number of hydrogen-bond donors (Lipinski definition) is 2. The molecule has 3 nitrogen and oxygen atoms in total. The van der Waals surface area contributed by atoms with E-state index in [-0.39, 0.29) is 11.7 Å². The van der Waals surface area contributed by atoms with Gasteiger partial charge in [-0.1, -0.05) is 12.1 Å². The molecular formula is C13H19FN2O. The van der Waals surface area contributed by atoms with E-state index >= 15 is 0 Å². The van der Waals surface area contributed by atoms with Gasteiger partial charge in [0.05, 0.1) is 0 Å². The van der Waals surface area contributed by atoms with Crippen LogP contribution in [0.1, 0.15) is 18.4 Å². The first-order chi connectivity index (χ1) is 8.22. The highest BCUT2D eigenvalue weighted by molar-refractivity contribution is 5.75. The molecule has 1 aromatic carbocycles. The molecule has 0 heterocycles. The Morgan fingerprint density at radius 3 is 2.59 bits per heavy atom. The molecule has 0 aliphatic heterocycles. The molecule has 0 saturated heterocycles. The molecule has 0 fully saturated rings. The lowest BCUT2D eigenvalue weighted by Gasteiger charge is -2.04. The molecule has 0 saturated carbocycles. The summed E-state index contributed by atoms with van der Waals surface area (Å²) in [4.78, 5) is 10.9. The molecular weight excluding hydrogens is 219 g/mol. The number of carbonyl (C=O) groups excluding carboxylic acids is 1. The predicted molar refractivity (Wildman–Crippen MR) is 66.3 cm³/mol. The van der Waals surface area contributed by atoms with E-state index in [0.29, 0.717) is 6.42 Å². The summed E-state index contributed by atoms with van der Waals surface area (Å²) in [6.45, 7) is 1.67. The molecule has 94 valence electrons. The Morgan fingerprint density at radius 1 is 1.24 bits per heavy atom. The SMILES string of the molecule is CNC(=O)CCCNCCc1ccc(F)cc1. The van der Waals surface area contributed by atoms with Crippen LogP contribution >= 0.6 is 0 Å². The van der Waals surface area contributed by atoms with Gasteiger partial charge in [-0.05, 0) is 43.6 Å². The fraction of sp³-hybridized carbons (Fsp3) is 0.462. The second-order valence-corrected chi connectivity index (χ2v) is 3.90. The normalized spacial score (nSPS) is 10.2. The molecule has 1 aromatic rings. The maximum absolute atomic E-state index is 12.6. The largest absolute Gasteiger partial charge is 0.359 e. The van der Waals surface area contributed by atoms with Crippen LogP contribution in [-0.2, 0) is 11.2 Å². The van der Waals surface area contributed by atoms with Crippen molar-refractivity contribution in [1.82, 2.24) is 10.6 Å². The molecule has 1 amide bonds. The van der Waals surface area contributed by atoms with Crippen LogP contribution in [0.5, 0.6) is 0 Å². The minimum Gasteiger partial charge on any atom is -0.359 e. The van der Waals surface area contributed by atoms with Gasteiger partial charge in [-0.2, -0.15) is 0 Å². The van der Waals surface area contributed by atoms with E-state index in [2.05, 4.69) is 10.6 Å².